The van der Waals surface area contributed by atoms with E-state index in [9.17, 15) is 34.5 Å². The number of amides is 4. The molecule has 1 saturated heterocycles. The molecule has 4 amide bonds. The third-order valence-electron chi connectivity index (χ3n) is 7.95. The fraction of sp³-hybridized carbons (Fsp3) is 0.462. The summed E-state index contributed by atoms with van der Waals surface area (Å²) in [7, 11) is 1.64. The molecule has 8 N–H and O–H groups in total. The molecule has 5 heterocycles. The van der Waals surface area contributed by atoms with Crippen molar-refractivity contribution in [3.8, 4) is 5.88 Å². The third-order valence-corrected chi connectivity index (χ3v) is 11.1. The van der Waals surface area contributed by atoms with Crippen LogP contribution >= 0.6 is 34.9 Å². The average molecular weight is 756 g/mol. The van der Waals surface area contributed by atoms with Gasteiger partial charge in [-0.05, 0) is 41.7 Å². The van der Waals surface area contributed by atoms with Crippen LogP contribution in [0.25, 0.3) is 0 Å². The number of fused-ring (bicyclic) bond motifs is 1. The van der Waals surface area contributed by atoms with Gasteiger partial charge in [0, 0.05) is 30.0 Å². The summed E-state index contributed by atoms with van der Waals surface area (Å²) in [6.45, 7) is 0. The van der Waals surface area contributed by atoms with Gasteiger partial charge in [-0.25, -0.2) is 14.5 Å². The van der Waals surface area contributed by atoms with E-state index < -0.39 is 47.2 Å². The molecule has 3 aliphatic rings. The standard InChI is InChI=1S/C26H31N13O7S3.Na/c1-38-26(35-36-37-38)49-8-10-7-47-21-16(20(43)39(21)17(10)22(44)45)32-19(42)15(14-9-48-23(27)30-14)33-25(46)31-13-6-28-24(34-18(13)41)29-11-2-4-12(40)5-3-11;/h6,9,11-12,15-16,21,40H,2-5,7-8H2,1H3,(H2,27,30)(H,32,42)(H,44,45)(H2,31,33,46)(H2,28,29,34,41);/q;+1/p-1/t11?,12?,15?,16-,21+;/m1./s1. The Balaban J connectivity index is 0.00000486. The number of hydrogen-bond acceptors (Lipinski definition) is 17. The third kappa shape index (κ3) is 8.24. The quantitative estimate of drug-likeness (QED) is 0.0519. The van der Waals surface area contributed by atoms with Crippen molar-refractivity contribution in [1.82, 2.24) is 50.7 Å². The molecule has 24 heteroatoms. The van der Waals surface area contributed by atoms with Gasteiger partial charge in [0.05, 0.1) is 29.7 Å². The number of aromatic amines is 1. The van der Waals surface area contributed by atoms with E-state index in [0.717, 1.165) is 16.2 Å². The van der Waals surface area contributed by atoms with Crippen molar-refractivity contribution < 1.29 is 64.1 Å². The number of aliphatic carboxylic acids is 1. The number of thioether (sulfide) groups is 2. The van der Waals surface area contributed by atoms with Crippen molar-refractivity contribution in [1.29, 1.82) is 5.41 Å². The maximum atomic E-state index is 13.6. The van der Waals surface area contributed by atoms with Gasteiger partial charge in [0.2, 0.25) is 22.9 Å². The number of β-lactam (4-membered cyclic amide) rings is 1. The maximum Gasteiger partial charge on any atom is 1.00 e. The normalized spacial score (nSPS) is 22.0. The molecule has 6 rings (SSSR count). The number of H-pyrrole nitrogens is 1. The van der Waals surface area contributed by atoms with Crippen molar-refractivity contribution in [3.63, 3.8) is 0 Å². The molecule has 0 bridgehead atoms. The van der Waals surface area contributed by atoms with E-state index in [2.05, 4.69) is 51.7 Å². The molecule has 260 valence electrons. The maximum absolute atomic E-state index is 13.6. The van der Waals surface area contributed by atoms with Crippen LogP contribution in [0.4, 0.5) is 16.4 Å². The number of carbonyl (C=O) groups excluding carboxylic acids is 4. The monoisotopic (exact) mass is 755 g/mol. The van der Waals surface area contributed by atoms with Crippen LogP contribution in [0, 0.1) is 5.41 Å². The Labute approximate surface area is 317 Å². The Morgan fingerprint density at radius 1 is 1.26 bits per heavy atom. The Hall–Kier alpha value is -3.74. The van der Waals surface area contributed by atoms with E-state index in [1.54, 1.807) is 7.05 Å². The molecule has 1 unspecified atom stereocenters. The number of carbonyl (C=O) groups is 4. The SMILES string of the molecule is Cn1nnnc1SCC1=C(C(=O)[O-])N2C(=O)[C@@H](NC(=O)C(NC(=O)Nc3cnc(NC4CCC(O)CC4)nc3O)c3csc(=N)[nH]3)[C@@H]2SC1.[Na+]. The van der Waals surface area contributed by atoms with Gasteiger partial charge in [-0.2, -0.15) is 4.98 Å². The molecular formula is C26H30N13NaO7S3. The van der Waals surface area contributed by atoms with Crippen molar-refractivity contribution >= 4 is 70.3 Å². The zero-order valence-corrected chi connectivity index (χ0v) is 31.0. The second kappa shape index (κ2) is 16.1. The number of aliphatic hydroxyl groups excluding tert-OH is 1. The summed E-state index contributed by atoms with van der Waals surface area (Å²) in [5.74, 6) is -2.99. The predicted octanol–water partition coefficient (Wildman–Crippen LogP) is -4.65. The number of aromatic hydroxyl groups is 1. The number of hydrogen-bond donors (Lipinski definition) is 8. The predicted molar refractivity (Wildman–Crippen MR) is 172 cm³/mol. The van der Waals surface area contributed by atoms with Crippen molar-refractivity contribution in [2.24, 2.45) is 7.05 Å². The first-order valence-corrected chi connectivity index (χ1v) is 17.7. The average Bonchev–Trinajstić information content (AvgIpc) is 3.70. The molecule has 0 radical (unpaired) electrons. The summed E-state index contributed by atoms with van der Waals surface area (Å²) in [6, 6.07) is -3.44. The number of aryl methyl sites for hydroxylation is 1. The minimum Gasteiger partial charge on any atom is -0.543 e. The van der Waals surface area contributed by atoms with Gasteiger partial charge in [-0.3, -0.25) is 19.9 Å². The van der Waals surface area contributed by atoms with Crippen LogP contribution in [0.1, 0.15) is 37.4 Å². The van der Waals surface area contributed by atoms with E-state index in [0.29, 0.717) is 36.4 Å². The van der Waals surface area contributed by atoms with Crippen LogP contribution in [0.2, 0.25) is 0 Å². The zero-order chi connectivity index (χ0) is 34.8. The summed E-state index contributed by atoms with van der Waals surface area (Å²) in [5, 5.41) is 63.0. The summed E-state index contributed by atoms with van der Waals surface area (Å²) < 4.78 is 1.43. The first kappa shape index (κ1) is 37.5. The first-order valence-electron chi connectivity index (χ1n) is 14.8. The molecule has 0 aromatic carbocycles. The van der Waals surface area contributed by atoms with Crippen LogP contribution in [0.3, 0.4) is 0 Å². The second-order valence-corrected chi connectivity index (χ2v) is 14.2. The molecule has 2 fully saturated rings. The summed E-state index contributed by atoms with van der Waals surface area (Å²) in [5.41, 5.74) is 0.158. The fourth-order valence-corrected chi connectivity index (χ4v) is 8.43. The number of rotatable bonds is 11. The number of urea groups is 1. The van der Waals surface area contributed by atoms with Crippen LogP contribution in [-0.2, 0) is 21.4 Å². The van der Waals surface area contributed by atoms with Crippen molar-refractivity contribution in [3.05, 3.63) is 33.3 Å². The van der Waals surface area contributed by atoms with Gasteiger partial charge in [0.25, 0.3) is 5.91 Å². The number of carboxylic acids is 1. The number of aromatic nitrogens is 7. The molecule has 20 nitrogen and oxygen atoms in total. The molecule has 3 aromatic rings. The van der Waals surface area contributed by atoms with E-state index >= 15 is 0 Å². The molecule has 0 spiro atoms. The molecule has 1 saturated carbocycles. The smallest absolute Gasteiger partial charge is 0.543 e. The van der Waals surface area contributed by atoms with E-state index in [4.69, 9.17) is 5.41 Å². The zero-order valence-electron chi connectivity index (χ0n) is 26.6. The van der Waals surface area contributed by atoms with Crippen molar-refractivity contribution in [2.75, 3.05) is 22.1 Å². The molecule has 3 aromatic heterocycles. The van der Waals surface area contributed by atoms with E-state index in [-0.39, 0.29) is 81.0 Å². The van der Waals surface area contributed by atoms with E-state index in [1.165, 1.54) is 39.8 Å². The largest absolute Gasteiger partial charge is 1.00 e. The number of nitrogens with zero attached hydrogens (tertiary/aromatic N) is 7. The molecular weight excluding hydrogens is 726 g/mol. The minimum absolute atomic E-state index is 0. The minimum atomic E-state index is -1.54. The number of anilines is 2. The van der Waals surface area contributed by atoms with Crippen molar-refractivity contribution in [2.45, 2.75) is 60.4 Å². The fourth-order valence-electron chi connectivity index (χ4n) is 5.47. The van der Waals surface area contributed by atoms with Crippen LogP contribution in [-0.4, -0.2) is 109 Å². The summed E-state index contributed by atoms with van der Waals surface area (Å²) in [4.78, 5) is 63.9. The Bertz CT molecular complexity index is 1860. The second-order valence-electron chi connectivity index (χ2n) is 11.3. The van der Waals surface area contributed by atoms with Gasteiger partial charge >= 0.3 is 35.6 Å². The Kier molecular flexibility index (Phi) is 12.1. The van der Waals surface area contributed by atoms with Gasteiger partial charge < -0.3 is 46.4 Å². The molecule has 50 heavy (non-hydrogen) atoms. The van der Waals surface area contributed by atoms with Gasteiger partial charge in [0.1, 0.15) is 17.1 Å². The summed E-state index contributed by atoms with van der Waals surface area (Å²) >= 11 is 3.42. The van der Waals surface area contributed by atoms with E-state index in [1.807, 2.05) is 0 Å². The van der Waals surface area contributed by atoms with Crippen LogP contribution in [0.15, 0.2) is 28.0 Å². The number of thiazole rings is 1. The number of carboxylic acid groups (broad SMARTS) is 1. The van der Waals surface area contributed by atoms with Gasteiger partial charge in [0.15, 0.2) is 10.8 Å². The number of tetrazole rings is 1. The summed E-state index contributed by atoms with van der Waals surface area (Å²) in [6.07, 6.45) is 3.54. The van der Waals surface area contributed by atoms with Crippen LogP contribution in [0.5, 0.6) is 5.88 Å². The first-order chi connectivity index (χ1) is 23.5. The molecule has 1 aliphatic carbocycles. The molecule has 3 atom stereocenters. The Morgan fingerprint density at radius 3 is 2.66 bits per heavy atom. The topological polar surface area (TPSA) is 292 Å². The van der Waals surface area contributed by atoms with Gasteiger partial charge in [-0.15, -0.1) is 28.2 Å². The number of nitrogens with one attached hydrogen (secondary N) is 6. The van der Waals surface area contributed by atoms with Gasteiger partial charge in [-0.1, -0.05) is 11.8 Å². The number of aliphatic hydroxyl groups is 1. The van der Waals surface area contributed by atoms with Crippen LogP contribution < -0.4 is 60.7 Å². The Morgan fingerprint density at radius 2 is 2.02 bits per heavy atom. The molecule has 2 aliphatic heterocycles.